The highest BCUT2D eigenvalue weighted by Gasteiger charge is 2.28. The Labute approximate surface area is 158 Å². The molecule has 27 heavy (non-hydrogen) atoms. The molecule has 8 heteroatoms. The summed E-state index contributed by atoms with van der Waals surface area (Å²) in [5.41, 5.74) is 3.98. The van der Waals surface area contributed by atoms with Crippen LogP contribution in [-0.4, -0.2) is 43.4 Å². The quantitative estimate of drug-likeness (QED) is 0.758. The van der Waals surface area contributed by atoms with E-state index in [4.69, 9.17) is 0 Å². The van der Waals surface area contributed by atoms with Crippen LogP contribution in [-0.2, 0) is 18.4 Å². The maximum Gasteiger partial charge on any atom is 0.231 e. The zero-order chi connectivity index (χ0) is 19.0. The van der Waals surface area contributed by atoms with Gasteiger partial charge in [-0.05, 0) is 38.8 Å². The van der Waals surface area contributed by atoms with Crippen molar-refractivity contribution in [3.63, 3.8) is 0 Å². The highest BCUT2D eigenvalue weighted by atomic mass is 16.1. The van der Waals surface area contributed by atoms with Gasteiger partial charge in [-0.2, -0.15) is 5.10 Å². The number of nitrogens with one attached hydrogen (secondary N) is 1. The van der Waals surface area contributed by atoms with Gasteiger partial charge in [0.1, 0.15) is 0 Å². The highest BCUT2D eigenvalue weighted by molar-refractivity contribution is 5.79. The molecule has 1 saturated heterocycles. The first-order valence-electron chi connectivity index (χ1n) is 9.36. The van der Waals surface area contributed by atoms with Crippen LogP contribution in [0.1, 0.15) is 29.8 Å². The number of pyridine rings is 1. The molecule has 4 heterocycles. The summed E-state index contributed by atoms with van der Waals surface area (Å²) in [6, 6.07) is 5.85. The normalized spacial score (nSPS) is 17.4. The summed E-state index contributed by atoms with van der Waals surface area (Å²) in [4.78, 5) is 14.9. The lowest BCUT2D eigenvalue weighted by Crippen LogP contribution is -2.43. The second-order valence-electron chi connectivity index (χ2n) is 7.20. The fraction of sp³-hybridized carbons (Fsp3) is 0.474. The molecule has 0 spiro atoms. The van der Waals surface area contributed by atoms with Crippen molar-refractivity contribution in [3.8, 4) is 0 Å². The summed E-state index contributed by atoms with van der Waals surface area (Å²) in [5, 5.41) is 16.1. The monoisotopic (exact) mass is 367 g/mol. The third-order valence-corrected chi connectivity index (χ3v) is 5.47. The number of rotatable bonds is 4. The second kappa shape index (κ2) is 7.02. The van der Waals surface area contributed by atoms with Gasteiger partial charge in [-0.1, -0.05) is 6.07 Å². The minimum absolute atomic E-state index is 0.0490. The van der Waals surface area contributed by atoms with Crippen molar-refractivity contribution in [2.45, 2.75) is 33.2 Å². The predicted molar refractivity (Wildman–Crippen MR) is 102 cm³/mol. The van der Waals surface area contributed by atoms with Crippen LogP contribution in [0.25, 0.3) is 5.65 Å². The number of piperidine rings is 1. The SMILES string of the molecule is Cc1nn(C)c(C)c1CNC(=O)C1CCCN(c2nnc3ccccn23)C1. The number of nitrogens with zero attached hydrogens (tertiary/aromatic N) is 6. The summed E-state index contributed by atoms with van der Waals surface area (Å²) in [6.07, 6.45) is 3.82. The average molecular weight is 367 g/mol. The smallest absolute Gasteiger partial charge is 0.231 e. The molecule has 0 saturated carbocycles. The second-order valence-corrected chi connectivity index (χ2v) is 7.20. The Kier molecular flexibility index (Phi) is 4.55. The molecule has 0 bridgehead atoms. The van der Waals surface area contributed by atoms with Crippen LogP contribution < -0.4 is 10.2 Å². The molecule has 1 amide bonds. The van der Waals surface area contributed by atoms with Gasteiger partial charge >= 0.3 is 0 Å². The predicted octanol–water partition coefficient (Wildman–Crippen LogP) is 1.61. The van der Waals surface area contributed by atoms with Gasteiger partial charge in [0.2, 0.25) is 11.9 Å². The van der Waals surface area contributed by atoms with E-state index in [1.807, 2.05) is 54.4 Å². The summed E-state index contributed by atoms with van der Waals surface area (Å²) in [7, 11) is 1.93. The minimum Gasteiger partial charge on any atom is -0.352 e. The van der Waals surface area contributed by atoms with E-state index in [1.165, 1.54) is 0 Å². The van der Waals surface area contributed by atoms with E-state index in [-0.39, 0.29) is 11.8 Å². The van der Waals surface area contributed by atoms with Gasteiger partial charge in [-0.3, -0.25) is 13.9 Å². The van der Waals surface area contributed by atoms with Gasteiger partial charge in [0.15, 0.2) is 5.65 Å². The van der Waals surface area contributed by atoms with Crippen LogP contribution in [0.4, 0.5) is 5.95 Å². The molecule has 1 N–H and O–H groups in total. The lowest BCUT2D eigenvalue weighted by Gasteiger charge is -2.32. The van der Waals surface area contributed by atoms with Crippen LogP contribution in [0, 0.1) is 19.8 Å². The Morgan fingerprint density at radius 2 is 2.15 bits per heavy atom. The summed E-state index contributed by atoms with van der Waals surface area (Å²) in [5.74, 6) is 0.852. The molecule has 1 aliphatic heterocycles. The molecule has 0 aromatic carbocycles. The fourth-order valence-corrected chi connectivity index (χ4v) is 3.81. The molecule has 3 aromatic heterocycles. The van der Waals surface area contributed by atoms with E-state index in [0.29, 0.717) is 13.1 Å². The Bertz CT molecular complexity index is 974. The van der Waals surface area contributed by atoms with E-state index in [2.05, 4.69) is 25.5 Å². The molecule has 0 aliphatic carbocycles. The summed E-state index contributed by atoms with van der Waals surface area (Å²) < 4.78 is 3.83. The number of aryl methyl sites for hydroxylation is 2. The highest BCUT2D eigenvalue weighted by Crippen LogP contribution is 2.23. The van der Waals surface area contributed by atoms with Crippen LogP contribution in [0.2, 0.25) is 0 Å². The number of anilines is 1. The van der Waals surface area contributed by atoms with E-state index in [9.17, 15) is 4.79 Å². The van der Waals surface area contributed by atoms with Crippen molar-refractivity contribution in [1.82, 2.24) is 29.7 Å². The summed E-state index contributed by atoms with van der Waals surface area (Å²) in [6.45, 7) is 6.08. The number of hydrogen-bond donors (Lipinski definition) is 1. The van der Waals surface area contributed by atoms with Crippen LogP contribution in [0.3, 0.4) is 0 Å². The Morgan fingerprint density at radius 1 is 1.30 bits per heavy atom. The van der Waals surface area contributed by atoms with Crippen LogP contribution in [0.15, 0.2) is 24.4 Å². The van der Waals surface area contributed by atoms with E-state index in [0.717, 1.165) is 47.9 Å². The summed E-state index contributed by atoms with van der Waals surface area (Å²) >= 11 is 0. The molecular weight excluding hydrogens is 342 g/mol. The molecule has 1 atom stereocenters. The number of fused-ring (bicyclic) bond motifs is 1. The Morgan fingerprint density at radius 3 is 2.93 bits per heavy atom. The zero-order valence-corrected chi connectivity index (χ0v) is 16.0. The minimum atomic E-state index is -0.0490. The lowest BCUT2D eigenvalue weighted by atomic mass is 9.97. The Balaban J connectivity index is 1.44. The van der Waals surface area contributed by atoms with Gasteiger partial charge in [0.05, 0.1) is 11.6 Å². The van der Waals surface area contributed by atoms with Crippen molar-refractivity contribution >= 4 is 17.5 Å². The van der Waals surface area contributed by atoms with Gasteiger partial charge in [0.25, 0.3) is 0 Å². The van der Waals surface area contributed by atoms with Gasteiger partial charge in [0, 0.05) is 44.1 Å². The van der Waals surface area contributed by atoms with Crippen molar-refractivity contribution < 1.29 is 4.79 Å². The van der Waals surface area contributed by atoms with Crippen molar-refractivity contribution in [3.05, 3.63) is 41.3 Å². The number of amides is 1. The zero-order valence-electron chi connectivity index (χ0n) is 16.0. The van der Waals surface area contributed by atoms with E-state index in [1.54, 1.807) is 0 Å². The largest absolute Gasteiger partial charge is 0.352 e. The molecule has 1 unspecified atom stereocenters. The topological polar surface area (TPSA) is 80.3 Å². The molecule has 1 fully saturated rings. The molecule has 0 radical (unpaired) electrons. The van der Waals surface area contributed by atoms with Crippen molar-refractivity contribution in [1.29, 1.82) is 0 Å². The standard InChI is InChI=1S/C19H25N7O/c1-13-16(14(2)24(3)23-13)11-20-18(27)15-7-6-9-25(12-15)19-22-21-17-8-4-5-10-26(17)19/h4-5,8,10,15H,6-7,9,11-12H2,1-3H3,(H,20,27). The maximum absolute atomic E-state index is 12.8. The third kappa shape index (κ3) is 3.27. The lowest BCUT2D eigenvalue weighted by molar-refractivity contribution is -0.125. The first-order valence-corrected chi connectivity index (χ1v) is 9.36. The first kappa shape index (κ1) is 17.5. The Hall–Kier alpha value is -2.90. The van der Waals surface area contributed by atoms with Gasteiger partial charge in [-0.15, -0.1) is 10.2 Å². The van der Waals surface area contributed by atoms with Crippen molar-refractivity contribution in [2.24, 2.45) is 13.0 Å². The maximum atomic E-state index is 12.8. The first-order chi connectivity index (χ1) is 13.0. The van der Waals surface area contributed by atoms with E-state index >= 15 is 0 Å². The number of carbonyl (C=O) groups excluding carboxylic acids is 1. The molecule has 8 nitrogen and oxygen atoms in total. The third-order valence-electron chi connectivity index (χ3n) is 5.47. The van der Waals surface area contributed by atoms with E-state index < -0.39 is 0 Å². The molecule has 1 aliphatic rings. The molecule has 4 rings (SSSR count). The fourth-order valence-electron chi connectivity index (χ4n) is 3.81. The van der Waals surface area contributed by atoms with Crippen molar-refractivity contribution in [2.75, 3.05) is 18.0 Å². The molecule has 142 valence electrons. The van der Waals surface area contributed by atoms with Gasteiger partial charge < -0.3 is 10.2 Å². The van der Waals surface area contributed by atoms with Crippen LogP contribution in [0.5, 0.6) is 0 Å². The number of carbonyl (C=O) groups is 1. The number of aromatic nitrogens is 5. The number of hydrogen-bond acceptors (Lipinski definition) is 5. The molecule has 3 aromatic rings. The van der Waals surface area contributed by atoms with Gasteiger partial charge in [-0.25, -0.2) is 0 Å². The molecular formula is C19H25N7O. The average Bonchev–Trinajstić information content (AvgIpc) is 3.21. The van der Waals surface area contributed by atoms with Crippen LogP contribution >= 0.6 is 0 Å².